The van der Waals surface area contributed by atoms with Gasteiger partial charge in [-0.25, -0.2) is 4.98 Å². The number of carbonyl (C=O) groups is 1. The number of pyridine rings is 1. The molecule has 0 spiro atoms. The molecule has 2 aromatic heterocycles. The first-order chi connectivity index (χ1) is 12.1. The highest BCUT2D eigenvalue weighted by Gasteiger charge is 2.14. The van der Waals surface area contributed by atoms with Crippen LogP contribution in [-0.2, 0) is 13.1 Å². The van der Waals surface area contributed by atoms with Crippen LogP contribution in [0, 0.1) is 0 Å². The van der Waals surface area contributed by atoms with Crippen LogP contribution in [0.1, 0.15) is 29.0 Å². The molecule has 0 aromatic carbocycles. The van der Waals surface area contributed by atoms with Crippen molar-refractivity contribution < 1.29 is 4.79 Å². The predicted octanol–water partition coefficient (Wildman–Crippen LogP) is 3.07. The van der Waals surface area contributed by atoms with Crippen molar-refractivity contribution in [3.63, 3.8) is 0 Å². The Morgan fingerprint density at radius 3 is 2.68 bits per heavy atom. The molecule has 25 heavy (non-hydrogen) atoms. The van der Waals surface area contributed by atoms with Gasteiger partial charge in [0.05, 0.1) is 22.2 Å². The molecule has 1 amide bonds. The number of halogens is 2. The summed E-state index contributed by atoms with van der Waals surface area (Å²) in [5.41, 5.74) is 0.269. The van der Waals surface area contributed by atoms with Gasteiger partial charge in [0.25, 0.3) is 5.91 Å². The zero-order valence-corrected chi connectivity index (χ0v) is 15.4. The van der Waals surface area contributed by atoms with Gasteiger partial charge >= 0.3 is 0 Å². The van der Waals surface area contributed by atoms with E-state index in [-0.39, 0.29) is 21.5 Å². The first-order valence-corrected chi connectivity index (χ1v) is 8.78. The number of rotatable bonds is 10. The minimum absolute atomic E-state index is 0.252. The van der Waals surface area contributed by atoms with Crippen molar-refractivity contribution in [2.45, 2.75) is 25.9 Å². The Morgan fingerprint density at radius 1 is 1.24 bits per heavy atom. The molecule has 2 rings (SSSR count). The second-order valence-electron chi connectivity index (χ2n) is 5.40. The molecule has 0 radical (unpaired) electrons. The number of aromatic nitrogens is 3. The van der Waals surface area contributed by atoms with E-state index in [0.29, 0.717) is 13.1 Å². The van der Waals surface area contributed by atoms with Gasteiger partial charge in [0, 0.05) is 37.9 Å². The van der Waals surface area contributed by atoms with Gasteiger partial charge in [0.1, 0.15) is 5.82 Å². The molecule has 0 aliphatic heterocycles. The lowest BCUT2D eigenvalue weighted by molar-refractivity contribution is 0.0953. The van der Waals surface area contributed by atoms with Crippen LogP contribution in [0.3, 0.4) is 0 Å². The number of imidazole rings is 1. The lowest BCUT2D eigenvalue weighted by atomic mass is 10.2. The maximum Gasteiger partial charge on any atom is 0.254 e. The molecular weight excluding hydrogens is 361 g/mol. The van der Waals surface area contributed by atoms with Crippen molar-refractivity contribution in [3.05, 3.63) is 58.9 Å². The minimum atomic E-state index is -0.281. The third-order valence-electron chi connectivity index (χ3n) is 3.56. The molecular formula is C17H21Cl2N5O. The number of nitrogens with one attached hydrogen (secondary N) is 2. The van der Waals surface area contributed by atoms with Crippen molar-refractivity contribution in [2.75, 3.05) is 13.1 Å². The average molecular weight is 382 g/mol. The van der Waals surface area contributed by atoms with Crippen LogP contribution in [0.15, 0.2) is 37.4 Å². The Kier molecular flexibility index (Phi) is 7.91. The van der Waals surface area contributed by atoms with E-state index in [1.807, 2.05) is 16.8 Å². The summed E-state index contributed by atoms with van der Waals surface area (Å²) in [6.45, 7) is 6.58. The van der Waals surface area contributed by atoms with Crippen molar-refractivity contribution >= 4 is 29.1 Å². The lowest BCUT2D eigenvalue weighted by Gasteiger charge is -2.09. The predicted molar refractivity (Wildman–Crippen MR) is 100.0 cm³/mol. The highest BCUT2D eigenvalue weighted by Crippen LogP contribution is 2.22. The molecule has 2 heterocycles. The number of hydrogen-bond donors (Lipinski definition) is 2. The fraction of sp³-hybridized carbons (Fsp3) is 0.353. The zero-order chi connectivity index (χ0) is 18.1. The molecule has 2 N–H and O–H groups in total. The van der Waals surface area contributed by atoms with Crippen molar-refractivity contribution in [3.8, 4) is 0 Å². The maximum atomic E-state index is 12.1. The Hall–Kier alpha value is -1.89. The Bertz CT molecular complexity index is 697. The van der Waals surface area contributed by atoms with Gasteiger partial charge in [0.15, 0.2) is 0 Å². The Labute approximate surface area is 157 Å². The fourth-order valence-electron chi connectivity index (χ4n) is 2.31. The number of carbonyl (C=O) groups excluding carboxylic acids is 1. The molecule has 0 saturated carbocycles. The summed E-state index contributed by atoms with van der Waals surface area (Å²) in [5.74, 6) is 0.701. The molecule has 2 aromatic rings. The fourth-order valence-corrected chi connectivity index (χ4v) is 2.84. The van der Waals surface area contributed by atoms with Gasteiger partial charge in [-0.2, -0.15) is 0 Å². The minimum Gasteiger partial charge on any atom is -0.352 e. The van der Waals surface area contributed by atoms with Crippen LogP contribution in [0.2, 0.25) is 10.0 Å². The molecule has 0 aliphatic rings. The number of hydrogen-bond acceptors (Lipinski definition) is 4. The van der Waals surface area contributed by atoms with Gasteiger partial charge < -0.3 is 15.2 Å². The van der Waals surface area contributed by atoms with E-state index in [1.165, 1.54) is 12.4 Å². The quantitative estimate of drug-likeness (QED) is 0.489. The van der Waals surface area contributed by atoms with Gasteiger partial charge in [0.2, 0.25) is 0 Å². The van der Waals surface area contributed by atoms with E-state index >= 15 is 0 Å². The third-order valence-corrected chi connectivity index (χ3v) is 4.13. The molecule has 0 fully saturated rings. The number of amides is 1. The molecule has 134 valence electrons. The summed E-state index contributed by atoms with van der Waals surface area (Å²) in [5, 5.41) is 6.67. The molecule has 0 unspecified atom stereocenters. The van der Waals surface area contributed by atoms with E-state index < -0.39 is 0 Å². The van der Waals surface area contributed by atoms with Crippen molar-refractivity contribution in [1.29, 1.82) is 0 Å². The highest BCUT2D eigenvalue weighted by atomic mass is 35.5. The van der Waals surface area contributed by atoms with Crippen LogP contribution >= 0.6 is 23.2 Å². The number of unbranched alkanes of at least 4 members (excludes halogenated alkanes) is 1. The second-order valence-corrected chi connectivity index (χ2v) is 6.22. The molecule has 0 aliphatic carbocycles. The summed E-state index contributed by atoms with van der Waals surface area (Å²) < 4.78 is 2.04. The first kappa shape index (κ1) is 19.4. The molecule has 0 bridgehead atoms. The van der Waals surface area contributed by atoms with Crippen LogP contribution in [0.25, 0.3) is 0 Å². The highest BCUT2D eigenvalue weighted by molar-refractivity contribution is 6.39. The molecule has 0 atom stereocenters. The van der Waals surface area contributed by atoms with Gasteiger partial charge in [-0.1, -0.05) is 29.3 Å². The van der Waals surface area contributed by atoms with Crippen LogP contribution in [0.5, 0.6) is 0 Å². The van der Waals surface area contributed by atoms with Gasteiger partial charge in [-0.05, 0) is 19.4 Å². The molecule has 6 nitrogen and oxygen atoms in total. The van der Waals surface area contributed by atoms with E-state index in [2.05, 4.69) is 27.2 Å². The summed E-state index contributed by atoms with van der Waals surface area (Å²) in [6, 6.07) is 0. The Morgan fingerprint density at radius 2 is 1.96 bits per heavy atom. The Balaban J connectivity index is 1.63. The van der Waals surface area contributed by atoms with Crippen LogP contribution in [0.4, 0.5) is 0 Å². The van der Waals surface area contributed by atoms with E-state index in [1.54, 1.807) is 6.20 Å². The van der Waals surface area contributed by atoms with E-state index in [4.69, 9.17) is 23.2 Å². The smallest absolute Gasteiger partial charge is 0.254 e. The van der Waals surface area contributed by atoms with E-state index in [9.17, 15) is 4.79 Å². The van der Waals surface area contributed by atoms with Crippen molar-refractivity contribution in [2.24, 2.45) is 0 Å². The molecule has 0 saturated heterocycles. The van der Waals surface area contributed by atoms with Gasteiger partial charge in [-0.15, -0.1) is 6.58 Å². The third kappa shape index (κ3) is 5.85. The first-order valence-electron chi connectivity index (χ1n) is 8.02. The largest absolute Gasteiger partial charge is 0.352 e. The van der Waals surface area contributed by atoms with E-state index in [0.717, 1.165) is 31.8 Å². The zero-order valence-electron chi connectivity index (χ0n) is 13.8. The monoisotopic (exact) mass is 381 g/mol. The number of allylic oxidation sites excluding steroid dienone is 1. The topological polar surface area (TPSA) is 71.8 Å². The van der Waals surface area contributed by atoms with Crippen LogP contribution in [-0.4, -0.2) is 33.5 Å². The standard InChI is InChI=1S/C17H21Cl2N5O/c1-2-8-24-9-7-22-15(24)12-20-5-3-4-6-23-17(25)16-13(18)10-21-11-14(16)19/h2,7,9-11,20H,1,3-6,8,12H2,(H,23,25). The van der Waals surface area contributed by atoms with Crippen LogP contribution < -0.4 is 10.6 Å². The summed E-state index contributed by atoms with van der Waals surface area (Å²) in [4.78, 5) is 20.2. The average Bonchev–Trinajstić information content (AvgIpc) is 3.01. The normalized spacial score (nSPS) is 10.6. The summed E-state index contributed by atoms with van der Waals surface area (Å²) in [6.07, 6.45) is 10.1. The maximum absolute atomic E-state index is 12.1. The number of nitrogens with zero attached hydrogens (tertiary/aromatic N) is 3. The lowest BCUT2D eigenvalue weighted by Crippen LogP contribution is -2.26. The summed E-state index contributed by atoms with van der Waals surface area (Å²) >= 11 is 11.9. The SMILES string of the molecule is C=CCn1ccnc1CNCCCCNC(=O)c1c(Cl)cncc1Cl. The molecule has 8 heteroatoms. The second kappa shape index (κ2) is 10.2. The van der Waals surface area contributed by atoms with Crippen molar-refractivity contribution in [1.82, 2.24) is 25.2 Å². The van der Waals surface area contributed by atoms with Gasteiger partial charge in [-0.3, -0.25) is 9.78 Å². The summed E-state index contributed by atoms with van der Waals surface area (Å²) in [7, 11) is 0.